The molecular formula is C8H15N2O-. The van der Waals surface area contributed by atoms with Crippen molar-refractivity contribution in [3.8, 4) is 0 Å². The Morgan fingerprint density at radius 2 is 2.00 bits per heavy atom. The second-order valence-electron chi connectivity index (χ2n) is 2.98. The van der Waals surface area contributed by atoms with Gasteiger partial charge in [-0.2, -0.15) is 0 Å². The first-order valence-electron chi connectivity index (χ1n) is 4.25. The summed E-state index contributed by atoms with van der Waals surface area (Å²) in [6.07, 6.45) is 5.94. The van der Waals surface area contributed by atoms with Gasteiger partial charge in [-0.1, -0.05) is 19.3 Å². The zero-order valence-corrected chi connectivity index (χ0v) is 6.97. The van der Waals surface area contributed by atoms with Crippen LogP contribution in [0.25, 0.3) is 0 Å². The fourth-order valence-electron chi connectivity index (χ4n) is 1.44. The van der Waals surface area contributed by atoms with Crippen LogP contribution >= 0.6 is 0 Å². The summed E-state index contributed by atoms with van der Waals surface area (Å²) in [6.45, 7) is 0. The SMILES string of the molecule is CNC([O-])=NC1CCCCC1. The topological polar surface area (TPSA) is 47.4 Å². The minimum absolute atomic E-state index is 0.170. The normalized spacial score (nSPS) is 21.7. The van der Waals surface area contributed by atoms with Crippen molar-refractivity contribution in [2.24, 2.45) is 4.99 Å². The number of nitrogens with one attached hydrogen (secondary N) is 1. The first-order chi connectivity index (χ1) is 5.33. The lowest BCUT2D eigenvalue weighted by atomic mass is 9.96. The highest BCUT2D eigenvalue weighted by Crippen LogP contribution is 2.19. The smallest absolute Gasteiger partial charge is 0.0509 e. The molecule has 1 saturated carbocycles. The van der Waals surface area contributed by atoms with Gasteiger partial charge in [-0.3, -0.25) is 4.99 Å². The average molecular weight is 155 g/mol. The maximum Gasteiger partial charge on any atom is 0.0509 e. The molecule has 1 aliphatic rings. The molecule has 0 aromatic rings. The second kappa shape index (κ2) is 4.21. The van der Waals surface area contributed by atoms with Crippen LogP contribution < -0.4 is 10.4 Å². The second-order valence-corrected chi connectivity index (χ2v) is 2.98. The summed E-state index contributed by atoms with van der Waals surface area (Å²) < 4.78 is 0. The van der Waals surface area contributed by atoms with Crippen molar-refractivity contribution in [3.63, 3.8) is 0 Å². The molecule has 3 heteroatoms. The van der Waals surface area contributed by atoms with Gasteiger partial charge in [-0.05, 0) is 12.8 Å². The van der Waals surface area contributed by atoms with E-state index in [9.17, 15) is 5.11 Å². The first-order valence-corrected chi connectivity index (χ1v) is 4.25. The van der Waals surface area contributed by atoms with E-state index < -0.39 is 0 Å². The van der Waals surface area contributed by atoms with Crippen LogP contribution in [-0.2, 0) is 0 Å². The van der Waals surface area contributed by atoms with Gasteiger partial charge in [0.25, 0.3) is 0 Å². The van der Waals surface area contributed by atoms with Gasteiger partial charge in [-0.25, -0.2) is 0 Å². The Balaban J connectivity index is 2.34. The summed E-state index contributed by atoms with van der Waals surface area (Å²) in [7, 11) is 1.62. The van der Waals surface area contributed by atoms with Crippen LogP contribution in [0.5, 0.6) is 0 Å². The Morgan fingerprint density at radius 1 is 1.36 bits per heavy atom. The average Bonchev–Trinajstić information content (AvgIpc) is 2.06. The first kappa shape index (κ1) is 8.37. The predicted molar refractivity (Wildman–Crippen MR) is 43.4 cm³/mol. The van der Waals surface area contributed by atoms with Crippen LogP contribution in [-0.4, -0.2) is 19.1 Å². The molecule has 1 fully saturated rings. The van der Waals surface area contributed by atoms with Crippen LogP contribution in [0.15, 0.2) is 4.99 Å². The van der Waals surface area contributed by atoms with Crippen LogP contribution in [0.1, 0.15) is 32.1 Å². The third kappa shape index (κ3) is 2.78. The molecule has 1 rings (SSSR count). The maximum absolute atomic E-state index is 10.8. The van der Waals surface area contributed by atoms with Crippen molar-refractivity contribution in [2.45, 2.75) is 38.1 Å². The Kier molecular flexibility index (Phi) is 3.20. The molecule has 64 valence electrons. The van der Waals surface area contributed by atoms with E-state index in [2.05, 4.69) is 10.3 Å². The van der Waals surface area contributed by atoms with Gasteiger partial charge in [0.15, 0.2) is 0 Å². The summed E-state index contributed by atoms with van der Waals surface area (Å²) in [5, 5.41) is 13.3. The molecule has 11 heavy (non-hydrogen) atoms. The molecule has 0 aromatic heterocycles. The Morgan fingerprint density at radius 3 is 2.55 bits per heavy atom. The molecule has 0 amide bonds. The van der Waals surface area contributed by atoms with Gasteiger partial charge in [0, 0.05) is 13.1 Å². The largest absolute Gasteiger partial charge is 0.846 e. The molecule has 3 nitrogen and oxygen atoms in total. The van der Waals surface area contributed by atoms with E-state index in [1.165, 1.54) is 19.3 Å². The fraction of sp³-hybridized carbons (Fsp3) is 0.875. The molecular weight excluding hydrogens is 140 g/mol. The van der Waals surface area contributed by atoms with Gasteiger partial charge in [0.2, 0.25) is 0 Å². The van der Waals surface area contributed by atoms with Gasteiger partial charge < -0.3 is 10.4 Å². The van der Waals surface area contributed by atoms with Crippen LogP contribution in [0.4, 0.5) is 0 Å². The van der Waals surface area contributed by atoms with E-state index in [-0.39, 0.29) is 6.02 Å². The third-order valence-corrected chi connectivity index (χ3v) is 2.09. The monoisotopic (exact) mass is 155 g/mol. The van der Waals surface area contributed by atoms with E-state index in [0.717, 1.165) is 12.8 Å². The Labute approximate surface area is 67.5 Å². The van der Waals surface area contributed by atoms with Crippen molar-refractivity contribution < 1.29 is 5.11 Å². The quantitative estimate of drug-likeness (QED) is 0.436. The molecule has 1 aliphatic carbocycles. The molecule has 0 radical (unpaired) electrons. The standard InChI is InChI=1S/C8H16N2O/c1-9-8(11)10-7-5-3-2-4-6-7/h7H,2-6H2,1H3,(H2,9,10,11)/p-1. The molecule has 0 spiro atoms. The molecule has 0 bridgehead atoms. The van der Waals surface area contributed by atoms with Gasteiger partial charge in [-0.15, -0.1) is 0 Å². The molecule has 0 saturated heterocycles. The third-order valence-electron chi connectivity index (χ3n) is 2.09. The highest BCUT2D eigenvalue weighted by atomic mass is 16.3. The Hall–Kier alpha value is -0.730. The van der Waals surface area contributed by atoms with E-state index >= 15 is 0 Å². The lowest BCUT2D eigenvalue weighted by Gasteiger charge is -2.20. The zero-order valence-electron chi connectivity index (χ0n) is 6.97. The molecule has 0 atom stereocenters. The van der Waals surface area contributed by atoms with E-state index in [0.29, 0.717) is 6.04 Å². The summed E-state index contributed by atoms with van der Waals surface area (Å²) in [6, 6.07) is 0.126. The lowest BCUT2D eigenvalue weighted by molar-refractivity contribution is -0.221. The van der Waals surface area contributed by atoms with Crippen molar-refractivity contribution in [2.75, 3.05) is 7.05 Å². The number of hydrogen-bond donors (Lipinski definition) is 1. The van der Waals surface area contributed by atoms with E-state index in [1.54, 1.807) is 7.05 Å². The number of rotatable bonds is 1. The lowest BCUT2D eigenvalue weighted by Crippen LogP contribution is -2.33. The van der Waals surface area contributed by atoms with Crippen LogP contribution in [0, 0.1) is 0 Å². The summed E-state index contributed by atoms with van der Waals surface area (Å²) in [5.41, 5.74) is 0. The van der Waals surface area contributed by atoms with Crippen molar-refractivity contribution in [1.82, 2.24) is 5.32 Å². The Bertz CT molecular complexity index is 139. The summed E-state index contributed by atoms with van der Waals surface area (Å²) in [5.74, 6) is 0. The number of amidine groups is 1. The predicted octanol–water partition coefficient (Wildman–Crippen LogP) is 0.255. The molecule has 1 N–H and O–H groups in total. The number of nitrogens with zero attached hydrogens (tertiary/aromatic N) is 1. The minimum atomic E-state index is -0.170. The van der Waals surface area contributed by atoms with Gasteiger partial charge in [0.1, 0.15) is 0 Å². The van der Waals surface area contributed by atoms with Gasteiger partial charge in [0.05, 0.1) is 6.04 Å². The van der Waals surface area contributed by atoms with Crippen molar-refractivity contribution in [1.29, 1.82) is 0 Å². The van der Waals surface area contributed by atoms with E-state index in [4.69, 9.17) is 0 Å². The molecule has 0 aliphatic heterocycles. The fourth-order valence-corrected chi connectivity index (χ4v) is 1.44. The van der Waals surface area contributed by atoms with Crippen molar-refractivity contribution in [3.05, 3.63) is 0 Å². The number of hydrogen-bond acceptors (Lipinski definition) is 2. The highest BCUT2D eigenvalue weighted by Gasteiger charge is 2.10. The molecule has 0 heterocycles. The zero-order chi connectivity index (χ0) is 8.10. The number of aliphatic imine (C=N–C) groups is 1. The molecule has 0 aromatic carbocycles. The maximum atomic E-state index is 10.8. The highest BCUT2D eigenvalue weighted by molar-refractivity contribution is 5.68. The minimum Gasteiger partial charge on any atom is -0.846 e. The van der Waals surface area contributed by atoms with E-state index in [1.807, 2.05) is 0 Å². The van der Waals surface area contributed by atoms with Crippen molar-refractivity contribution >= 4 is 6.02 Å². The van der Waals surface area contributed by atoms with Gasteiger partial charge >= 0.3 is 0 Å². The van der Waals surface area contributed by atoms with Crippen LogP contribution in [0.3, 0.4) is 0 Å². The molecule has 0 unspecified atom stereocenters. The summed E-state index contributed by atoms with van der Waals surface area (Å²) >= 11 is 0. The van der Waals surface area contributed by atoms with Crippen LogP contribution in [0.2, 0.25) is 0 Å². The summed E-state index contributed by atoms with van der Waals surface area (Å²) in [4.78, 5) is 4.00.